The monoisotopic (exact) mass is 801 g/mol. The van der Waals surface area contributed by atoms with Crippen LogP contribution in [-0.4, -0.2) is 78.0 Å². The number of ether oxygens (including phenoxy) is 1. The van der Waals surface area contributed by atoms with Gasteiger partial charge in [-0.25, -0.2) is 26.7 Å². The average molecular weight is 803 g/mol. The standard InChI is InChI=1S/C28H42BrF6N3O6S2Si/c1-10-47(11-2,12-3)18-13-20(29)37-23(22(18)30)26(9)17-45(40,25(7,8)19(38-26)14-21(39)44-24(4,5)6)36-15-27(31,32)16-43-46(41,42)28(33,34)35/h13H,10-12,14-17H2,1-9H3/t26-,45+/m0/s1. The fraction of sp³-hybridized carbons (Fsp3) is 0.750. The summed E-state index contributed by atoms with van der Waals surface area (Å²) in [5.74, 6) is -6.49. The highest BCUT2D eigenvalue weighted by Crippen LogP contribution is 2.41. The Morgan fingerprint density at radius 2 is 1.62 bits per heavy atom. The SMILES string of the molecule is CC[Si](CC)(CC)c1cc(Br)nc([C@]2(C)C[S@](=O)(=NCC(F)(F)COS(=O)(=O)C(F)(F)F)C(C)(C)C(CC(=O)OC(C)(C)C)=N2)c1F. The molecular formula is C28H42BrF6N3O6S2Si. The number of aromatic nitrogens is 1. The van der Waals surface area contributed by atoms with Gasteiger partial charge in [0, 0.05) is 5.71 Å². The van der Waals surface area contributed by atoms with Crippen molar-refractivity contribution in [1.82, 2.24) is 4.98 Å². The molecule has 0 fully saturated rings. The number of hydrogen-bond acceptors (Lipinski definition) is 9. The predicted molar refractivity (Wildman–Crippen MR) is 174 cm³/mol. The second-order valence-corrected chi connectivity index (χ2v) is 23.7. The molecule has 0 saturated heterocycles. The lowest BCUT2D eigenvalue weighted by Gasteiger charge is -2.42. The van der Waals surface area contributed by atoms with Gasteiger partial charge >= 0.3 is 21.6 Å². The third-order valence-electron chi connectivity index (χ3n) is 8.33. The molecule has 0 bridgehead atoms. The summed E-state index contributed by atoms with van der Waals surface area (Å²) in [5.41, 5.74) is -9.07. The fourth-order valence-corrected chi connectivity index (χ4v) is 12.7. The minimum Gasteiger partial charge on any atom is -0.460 e. The van der Waals surface area contributed by atoms with Crippen molar-refractivity contribution in [2.75, 3.05) is 18.9 Å². The van der Waals surface area contributed by atoms with Crippen molar-refractivity contribution in [3.63, 3.8) is 0 Å². The molecule has 1 aliphatic rings. The van der Waals surface area contributed by atoms with E-state index in [9.17, 15) is 39.4 Å². The number of halogens is 7. The van der Waals surface area contributed by atoms with Gasteiger partial charge in [-0.2, -0.15) is 21.6 Å². The third-order valence-corrected chi connectivity index (χ3v) is 18.6. The molecule has 2 rings (SSSR count). The molecule has 1 aliphatic heterocycles. The zero-order chi connectivity index (χ0) is 36.7. The number of hydrogen-bond donors (Lipinski definition) is 0. The zero-order valence-electron chi connectivity index (χ0n) is 27.8. The van der Waals surface area contributed by atoms with Crippen LogP contribution in [0.15, 0.2) is 20.0 Å². The highest BCUT2D eigenvalue weighted by Gasteiger charge is 2.52. The van der Waals surface area contributed by atoms with Gasteiger partial charge in [-0.3, -0.25) is 14.0 Å². The first-order valence-electron chi connectivity index (χ1n) is 14.8. The van der Waals surface area contributed by atoms with E-state index in [-0.39, 0.29) is 16.0 Å². The van der Waals surface area contributed by atoms with Crippen LogP contribution in [0.25, 0.3) is 0 Å². The number of nitrogens with zero attached hydrogens (tertiary/aromatic N) is 3. The molecular weight excluding hydrogens is 760 g/mol. The highest BCUT2D eigenvalue weighted by molar-refractivity contribution is 9.10. The molecule has 0 radical (unpaired) electrons. The minimum absolute atomic E-state index is 0.110. The number of rotatable bonds is 12. The lowest BCUT2D eigenvalue weighted by Crippen LogP contribution is -2.54. The first-order valence-corrected chi connectivity index (χ1v) is 21.3. The number of carbonyl (C=O) groups is 1. The van der Waals surface area contributed by atoms with Gasteiger partial charge in [-0.05, 0) is 68.7 Å². The van der Waals surface area contributed by atoms with E-state index in [0.29, 0.717) is 23.3 Å². The Morgan fingerprint density at radius 3 is 2.09 bits per heavy atom. The number of pyridine rings is 1. The molecule has 2 heterocycles. The van der Waals surface area contributed by atoms with E-state index >= 15 is 4.39 Å². The first kappa shape index (κ1) is 41.6. The molecule has 19 heteroatoms. The van der Waals surface area contributed by atoms with E-state index in [1.54, 1.807) is 26.8 Å². The molecule has 0 aliphatic carbocycles. The number of aliphatic imine (C=N–C) groups is 1. The van der Waals surface area contributed by atoms with Gasteiger partial charge in [-0.1, -0.05) is 38.9 Å². The van der Waals surface area contributed by atoms with E-state index in [0.717, 1.165) is 0 Å². The Morgan fingerprint density at radius 1 is 1.09 bits per heavy atom. The van der Waals surface area contributed by atoms with Crippen molar-refractivity contribution in [1.29, 1.82) is 0 Å². The van der Waals surface area contributed by atoms with Gasteiger partial charge < -0.3 is 4.74 Å². The molecule has 47 heavy (non-hydrogen) atoms. The summed E-state index contributed by atoms with van der Waals surface area (Å²) in [6, 6.07) is 3.67. The summed E-state index contributed by atoms with van der Waals surface area (Å²) in [6.45, 7) is 10.8. The van der Waals surface area contributed by atoms with Crippen LogP contribution in [0, 0.1) is 5.82 Å². The van der Waals surface area contributed by atoms with Crippen LogP contribution in [0.2, 0.25) is 18.1 Å². The average Bonchev–Trinajstić information content (AvgIpc) is 2.91. The Kier molecular flexibility index (Phi) is 12.4. The van der Waals surface area contributed by atoms with Gasteiger partial charge in [0.25, 0.3) is 5.92 Å². The zero-order valence-corrected chi connectivity index (χ0v) is 32.0. The van der Waals surface area contributed by atoms with Gasteiger partial charge in [0.2, 0.25) is 0 Å². The van der Waals surface area contributed by atoms with Crippen molar-refractivity contribution < 1.29 is 52.7 Å². The molecule has 0 amide bonds. The van der Waals surface area contributed by atoms with Crippen molar-refractivity contribution in [3.8, 4) is 0 Å². The Labute approximate surface area is 282 Å². The maximum Gasteiger partial charge on any atom is 0.523 e. The summed E-state index contributed by atoms with van der Waals surface area (Å²) in [5, 5.41) is 0.440. The van der Waals surface area contributed by atoms with E-state index in [2.05, 4.69) is 29.5 Å². The third kappa shape index (κ3) is 9.16. The Balaban J connectivity index is 2.82. The van der Waals surface area contributed by atoms with Crippen LogP contribution in [0.3, 0.4) is 0 Å². The fourth-order valence-electron chi connectivity index (χ4n) is 5.34. The highest BCUT2D eigenvalue weighted by atomic mass is 79.9. The molecule has 0 aromatic carbocycles. The van der Waals surface area contributed by atoms with E-state index < -0.39 is 92.4 Å². The molecule has 270 valence electrons. The molecule has 2 atom stereocenters. The lowest BCUT2D eigenvalue weighted by atomic mass is 9.95. The van der Waals surface area contributed by atoms with Crippen LogP contribution in [0.1, 0.15) is 74.4 Å². The van der Waals surface area contributed by atoms with E-state index in [1.807, 2.05) is 20.8 Å². The summed E-state index contributed by atoms with van der Waals surface area (Å²) in [7, 11) is -12.8. The van der Waals surface area contributed by atoms with Crippen molar-refractivity contribution in [2.24, 2.45) is 9.36 Å². The van der Waals surface area contributed by atoms with E-state index in [1.165, 1.54) is 20.8 Å². The smallest absolute Gasteiger partial charge is 0.460 e. The van der Waals surface area contributed by atoms with Gasteiger partial charge in [0.15, 0.2) is 0 Å². The predicted octanol–water partition coefficient (Wildman–Crippen LogP) is 6.85. The van der Waals surface area contributed by atoms with Crippen molar-refractivity contribution >= 4 is 60.7 Å². The molecule has 1 aromatic heterocycles. The summed E-state index contributed by atoms with van der Waals surface area (Å²) in [6.07, 6.45) is -0.574. The number of esters is 1. The number of alkyl halides is 5. The largest absolute Gasteiger partial charge is 0.523 e. The van der Waals surface area contributed by atoms with Crippen molar-refractivity contribution in [2.45, 2.75) is 114 Å². The normalized spacial score (nSPS) is 22.5. The molecule has 1 aromatic rings. The van der Waals surface area contributed by atoms with E-state index in [4.69, 9.17) is 9.73 Å². The Bertz CT molecular complexity index is 1610. The molecule has 9 nitrogen and oxygen atoms in total. The summed E-state index contributed by atoms with van der Waals surface area (Å²) < 4.78 is 133. The van der Waals surface area contributed by atoms with Crippen LogP contribution < -0.4 is 5.19 Å². The van der Waals surface area contributed by atoms with Gasteiger partial charge in [0.1, 0.15) is 40.4 Å². The maximum atomic E-state index is 16.7. The molecule has 0 unspecified atom stereocenters. The van der Waals surface area contributed by atoms with Crippen LogP contribution >= 0.6 is 15.9 Å². The molecule has 0 saturated carbocycles. The quantitative estimate of drug-likeness (QED) is 0.0566. The van der Waals surface area contributed by atoms with Gasteiger partial charge in [0.05, 0.1) is 34.7 Å². The summed E-state index contributed by atoms with van der Waals surface area (Å²) in [4.78, 5) is 22.0. The second-order valence-electron chi connectivity index (χ2n) is 13.2. The molecule has 0 spiro atoms. The van der Waals surface area contributed by atoms with Crippen LogP contribution in [0.5, 0.6) is 0 Å². The lowest BCUT2D eigenvalue weighted by molar-refractivity contribution is -0.153. The first-order chi connectivity index (χ1) is 21.0. The maximum absolute atomic E-state index is 16.7. The molecule has 0 N–H and O–H groups in total. The number of carbonyl (C=O) groups excluding carboxylic acids is 1. The second kappa shape index (κ2) is 14.0. The topological polar surface area (TPSA) is 124 Å². The van der Waals surface area contributed by atoms with Crippen LogP contribution in [0.4, 0.5) is 26.3 Å². The minimum atomic E-state index is -6.35. The van der Waals surface area contributed by atoms with Gasteiger partial charge in [-0.15, -0.1) is 0 Å². The summed E-state index contributed by atoms with van der Waals surface area (Å²) >= 11 is 3.35. The van der Waals surface area contributed by atoms with Crippen molar-refractivity contribution in [3.05, 3.63) is 22.2 Å². The Hall–Kier alpha value is -1.57. The van der Waals surface area contributed by atoms with Crippen LogP contribution in [-0.2, 0) is 39.1 Å².